The lowest BCUT2D eigenvalue weighted by Crippen LogP contribution is -2.18. The second kappa shape index (κ2) is 10.6. The number of nitrogens with zero attached hydrogens (tertiary/aromatic N) is 4. The monoisotopic (exact) mass is 545 g/mol. The molecule has 0 bridgehead atoms. The Morgan fingerprint density at radius 2 is 1.78 bits per heavy atom. The lowest BCUT2D eigenvalue weighted by Gasteiger charge is -2.20. The molecule has 1 aliphatic carbocycles. The number of nitrogens with one attached hydrogen (secondary N) is 3. The highest BCUT2D eigenvalue weighted by atomic mass is 19.1. The van der Waals surface area contributed by atoms with Gasteiger partial charge in [-0.2, -0.15) is 5.10 Å². The van der Waals surface area contributed by atoms with Crippen molar-refractivity contribution in [3.63, 3.8) is 0 Å². The first kappa shape index (κ1) is 25.1. The summed E-state index contributed by atoms with van der Waals surface area (Å²) in [4.78, 5) is 29.7. The van der Waals surface area contributed by atoms with E-state index in [-0.39, 0.29) is 11.7 Å². The number of carbonyl (C=O) groups is 1. The van der Waals surface area contributed by atoms with Crippen molar-refractivity contribution in [2.75, 3.05) is 5.32 Å². The van der Waals surface area contributed by atoms with Gasteiger partial charge in [0.1, 0.15) is 17.0 Å². The number of rotatable bonds is 6. The molecule has 0 radical (unpaired) electrons. The Bertz CT molecular complexity index is 1890. The number of benzene rings is 1. The smallest absolute Gasteiger partial charge is 0.224 e. The van der Waals surface area contributed by atoms with Crippen molar-refractivity contribution in [3.8, 4) is 33.8 Å². The fourth-order valence-corrected chi connectivity index (χ4v) is 5.83. The Hall–Kier alpha value is -4.92. The molecule has 0 saturated heterocycles. The molecule has 6 aromatic rings. The van der Waals surface area contributed by atoms with Gasteiger partial charge < -0.3 is 10.3 Å². The molecule has 3 N–H and O–H groups in total. The third-order valence-corrected chi connectivity index (χ3v) is 7.89. The molecule has 5 aromatic heterocycles. The summed E-state index contributed by atoms with van der Waals surface area (Å²) in [6.45, 7) is 0. The zero-order chi connectivity index (χ0) is 27.8. The molecule has 1 amide bonds. The Morgan fingerprint density at radius 1 is 0.927 bits per heavy atom. The van der Waals surface area contributed by atoms with Gasteiger partial charge in [-0.15, -0.1) is 0 Å². The summed E-state index contributed by atoms with van der Waals surface area (Å²) >= 11 is 0. The summed E-state index contributed by atoms with van der Waals surface area (Å²) in [6.07, 6.45) is 13.3. The number of H-pyrrole nitrogens is 2. The molecular weight excluding hydrogens is 517 g/mol. The minimum atomic E-state index is -0.304. The summed E-state index contributed by atoms with van der Waals surface area (Å²) < 4.78 is 14.6. The third kappa shape index (κ3) is 4.95. The Labute approximate surface area is 235 Å². The normalized spacial score (nSPS) is 14.1. The van der Waals surface area contributed by atoms with Crippen molar-refractivity contribution in [3.05, 3.63) is 79.1 Å². The number of hydrogen-bond donors (Lipinski definition) is 3. The molecule has 8 nitrogen and oxygen atoms in total. The molecule has 1 aromatic carbocycles. The zero-order valence-electron chi connectivity index (χ0n) is 22.3. The van der Waals surface area contributed by atoms with Gasteiger partial charge in [0.15, 0.2) is 0 Å². The maximum absolute atomic E-state index is 14.6. The van der Waals surface area contributed by atoms with Crippen LogP contribution in [0, 0.1) is 11.7 Å². The number of anilines is 1. The second-order valence-electron chi connectivity index (χ2n) is 10.7. The Kier molecular flexibility index (Phi) is 6.47. The van der Waals surface area contributed by atoms with Crippen molar-refractivity contribution < 1.29 is 9.18 Å². The summed E-state index contributed by atoms with van der Waals surface area (Å²) in [5.74, 6) is 0.188. The fraction of sp³-hybridized carbons (Fsp3) is 0.219. The van der Waals surface area contributed by atoms with E-state index in [2.05, 4.69) is 30.5 Å². The molecule has 0 unspecified atom stereocenters. The Morgan fingerprint density at radius 3 is 2.66 bits per heavy atom. The van der Waals surface area contributed by atoms with Crippen LogP contribution < -0.4 is 5.32 Å². The van der Waals surface area contributed by atoms with E-state index < -0.39 is 0 Å². The van der Waals surface area contributed by atoms with Gasteiger partial charge in [-0.05, 0) is 49.1 Å². The van der Waals surface area contributed by atoms with Crippen molar-refractivity contribution in [1.29, 1.82) is 0 Å². The molecule has 0 aliphatic heterocycles. The standard InChI is InChI=1S/C32H28FN7O/c33-25-9-5-4-8-22(25)24-17-35-18-29-23(24)14-28(37-29)32-31-27(39-40-32)11-10-26(38-31)20-13-21(16-34-15-20)36-30(41)12-19-6-2-1-3-7-19/h4-5,8-11,13-19,37H,1-3,6-7,12H2,(H,36,41)(H,39,40). The predicted octanol–water partition coefficient (Wildman–Crippen LogP) is 7.28. The molecular formula is C32H28FN7O. The molecule has 204 valence electrons. The first-order valence-corrected chi connectivity index (χ1v) is 13.9. The first-order valence-electron chi connectivity index (χ1n) is 13.9. The fourth-order valence-electron chi connectivity index (χ4n) is 5.83. The van der Waals surface area contributed by atoms with E-state index in [4.69, 9.17) is 4.98 Å². The molecule has 7 rings (SSSR count). The highest BCUT2D eigenvalue weighted by molar-refractivity contribution is 6.00. The average Bonchev–Trinajstić information content (AvgIpc) is 3.62. The van der Waals surface area contributed by atoms with E-state index in [0.29, 0.717) is 46.1 Å². The highest BCUT2D eigenvalue weighted by Gasteiger charge is 2.19. The maximum Gasteiger partial charge on any atom is 0.224 e. The first-order chi connectivity index (χ1) is 20.1. The molecule has 1 aliphatic rings. The number of aromatic amines is 2. The van der Waals surface area contributed by atoms with Gasteiger partial charge in [0.2, 0.25) is 5.91 Å². The maximum atomic E-state index is 14.6. The number of amides is 1. The molecule has 41 heavy (non-hydrogen) atoms. The van der Waals surface area contributed by atoms with Gasteiger partial charge in [-0.25, -0.2) is 9.37 Å². The second-order valence-corrected chi connectivity index (χ2v) is 10.7. The molecule has 5 heterocycles. The van der Waals surface area contributed by atoms with E-state index in [1.54, 1.807) is 36.9 Å². The summed E-state index contributed by atoms with van der Waals surface area (Å²) in [6, 6.07) is 14.4. The van der Waals surface area contributed by atoms with Crippen molar-refractivity contribution in [1.82, 2.24) is 30.1 Å². The van der Waals surface area contributed by atoms with Crippen LogP contribution in [0.25, 0.3) is 55.7 Å². The number of aromatic nitrogens is 6. The van der Waals surface area contributed by atoms with Gasteiger partial charge >= 0.3 is 0 Å². The van der Waals surface area contributed by atoms with Crippen LogP contribution in [-0.2, 0) is 4.79 Å². The summed E-state index contributed by atoms with van der Waals surface area (Å²) in [5.41, 5.74) is 6.95. The largest absolute Gasteiger partial charge is 0.352 e. The molecule has 9 heteroatoms. The number of fused-ring (bicyclic) bond motifs is 2. The van der Waals surface area contributed by atoms with Gasteiger partial charge in [0.25, 0.3) is 0 Å². The number of pyridine rings is 3. The van der Waals surface area contributed by atoms with Crippen molar-refractivity contribution >= 4 is 33.5 Å². The van der Waals surface area contributed by atoms with Gasteiger partial charge in [0.05, 0.1) is 40.5 Å². The van der Waals surface area contributed by atoms with Gasteiger partial charge in [0, 0.05) is 40.9 Å². The van der Waals surface area contributed by atoms with E-state index in [9.17, 15) is 9.18 Å². The summed E-state index contributed by atoms with van der Waals surface area (Å²) in [7, 11) is 0. The van der Waals surface area contributed by atoms with E-state index in [1.807, 2.05) is 30.3 Å². The van der Waals surface area contributed by atoms with Gasteiger partial charge in [-0.1, -0.05) is 37.5 Å². The van der Waals surface area contributed by atoms with Crippen molar-refractivity contribution in [2.24, 2.45) is 5.92 Å². The van der Waals surface area contributed by atoms with Crippen LogP contribution in [0.3, 0.4) is 0 Å². The number of carbonyl (C=O) groups excluding carboxylic acids is 1. The lowest BCUT2D eigenvalue weighted by molar-refractivity contribution is -0.117. The zero-order valence-corrected chi connectivity index (χ0v) is 22.3. The quantitative estimate of drug-likeness (QED) is 0.204. The lowest BCUT2D eigenvalue weighted by atomic mass is 9.87. The Balaban J connectivity index is 1.20. The third-order valence-electron chi connectivity index (χ3n) is 7.89. The highest BCUT2D eigenvalue weighted by Crippen LogP contribution is 2.34. The topological polar surface area (TPSA) is 112 Å². The van der Waals surface area contributed by atoms with Crippen LogP contribution in [0.15, 0.2) is 73.3 Å². The SMILES string of the molecule is O=C(CC1CCCCC1)Nc1cncc(-c2ccc3[nH]nc(-c4cc5c(-c6ccccc6F)cncc5[nH]4)c3n2)c1. The minimum absolute atomic E-state index is 0.0273. The molecule has 0 atom stereocenters. The number of halogens is 1. The predicted molar refractivity (Wildman–Crippen MR) is 157 cm³/mol. The van der Waals surface area contributed by atoms with Crippen LogP contribution in [0.5, 0.6) is 0 Å². The molecule has 1 saturated carbocycles. The van der Waals surface area contributed by atoms with Crippen LogP contribution in [0.4, 0.5) is 10.1 Å². The average molecular weight is 546 g/mol. The van der Waals surface area contributed by atoms with E-state index in [1.165, 1.54) is 25.3 Å². The van der Waals surface area contributed by atoms with Crippen LogP contribution in [-0.4, -0.2) is 36.0 Å². The van der Waals surface area contributed by atoms with E-state index in [0.717, 1.165) is 40.5 Å². The summed E-state index contributed by atoms with van der Waals surface area (Å²) in [5, 5.41) is 11.5. The molecule has 1 fully saturated rings. The van der Waals surface area contributed by atoms with Crippen LogP contribution >= 0.6 is 0 Å². The van der Waals surface area contributed by atoms with Crippen molar-refractivity contribution in [2.45, 2.75) is 38.5 Å². The minimum Gasteiger partial charge on any atom is -0.352 e. The van der Waals surface area contributed by atoms with Crippen LogP contribution in [0.2, 0.25) is 0 Å². The van der Waals surface area contributed by atoms with Crippen LogP contribution in [0.1, 0.15) is 38.5 Å². The molecule has 0 spiro atoms. The number of hydrogen-bond acceptors (Lipinski definition) is 5. The van der Waals surface area contributed by atoms with Gasteiger partial charge in [-0.3, -0.25) is 19.9 Å². The van der Waals surface area contributed by atoms with E-state index >= 15 is 0 Å².